The van der Waals surface area contributed by atoms with E-state index in [1.807, 2.05) is 18.2 Å². The Morgan fingerprint density at radius 2 is 2.26 bits per heavy atom. The van der Waals surface area contributed by atoms with Gasteiger partial charge in [-0.1, -0.05) is 18.1 Å². The van der Waals surface area contributed by atoms with Crippen molar-refractivity contribution < 1.29 is 4.52 Å². The molecule has 0 aromatic carbocycles. The van der Waals surface area contributed by atoms with E-state index >= 15 is 0 Å². The Morgan fingerprint density at radius 1 is 1.43 bits per heavy atom. The molecule has 0 amide bonds. The van der Waals surface area contributed by atoms with Crippen LogP contribution in [0.3, 0.4) is 0 Å². The molecule has 1 saturated carbocycles. The highest BCUT2D eigenvalue weighted by Gasteiger charge is 2.33. The summed E-state index contributed by atoms with van der Waals surface area (Å²) in [6.45, 7) is 2.92. The highest BCUT2D eigenvalue weighted by atomic mass is 127. The molecule has 1 aliphatic carbocycles. The maximum Gasteiger partial charge on any atom is 0.276 e. The van der Waals surface area contributed by atoms with Gasteiger partial charge in [0.15, 0.2) is 11.8 Å². The molecule has 0 radical (unpaired) electrons. The van der Waals surface area contributed by atoms with Crippen LogP contribution >= 0.6 is 24.0 Å². The number of hydrogen-bond acceptors (Lipinski definition) is 5. The molecular formula is C15H21IN6O. The number of guanidine groups is 1. The van der Waals surface area contributed by atoms with Crippen LogP contribution in [0, 0.1) is 5.92 Å². The van der Waals surface area contributed by atoms with Gasteiger partial charge in [0.2, 0.25) is 0 Å². The highest BCUT2D eigenvalue weighted by Crippen LogP contribution is 2.28. The average Bonchev–Trinajstić information content (AvgIpc) is 3.04. The van der Waals surface area contributed by atoms with Crippen LogP contribution in [0.1, 0.15) is 19.2 Å². The van der Waals surface area contributed by atoms with Gasteiger partial charge in [0.25, 0.3) is 5.89 Å². The van der Waals surface area contributed by atoms with Gasteiger partial charge in [-0.05, 0) is 24.5 Å². The van der Waals surface area contributed by atoms with Gasteiger partial charge in [0.1, 0.15) is 5.69 Å². The molecule has 1 fully saturated rings. The van der Waals surface area contributed by atoms with E-state index in [4.69, 9.17) is 4.52 Å². The van der Waals surface area contributed by atoms with Gasteiger partial charge in [0, 0.05) is 32.3 Å². The number of halogens is 1. The number of nitrogens with one attached hydrogen (secondary N) is 2. The number of hydrogen-bond donors (Lipinski definition) is 2. The third-order valence-electron chi connectivity index (χ3n) is 3.65. The molecule has 23 heavy (non-hydrogen) atoms. The lowest BCUT2D eigenvalue weighted by molar-refractivity contribution is 0.421. The summed E-state index contributed by atoms with van der Waals surface area (Å²) in [5.74, 6) is 2.66. The van der Waals surface area contributed by atoms with E-state index in [9.17, 15) is 0 Å². The lowest BCUT2D eigenvalue weighted by Gasteiger charge is -2.10. The second kappa shape index (κ2) is 8.23. The number of nitrogens with zero attached hydrogens (tertiary/aromatic N) is 4. The van der Waals surface area contributed by atoms with Crippen LogP contribution in [0.25, 0.3) is 11.6 Å². The number of rotatable bonds is 5. The molecule has 124 valence electrons. The summed E-state index contributed by atoms with van der Waals surface area (Å²) >= 11 is 0. The molecule has 0 aliphatic heterocycles. The number of aliphatic imine (C=N–C) groups is 1. The fourth-order valence-corrected chi connectivity index (χ4v) is 2.13. The largest absolute Gasteiger partial charge is 0.356 e. The molecular weight excluding hydrogens is 407 g/mol. The third-order valence-corrected chi connectivity index (χ3v) is 3.65. The zero-order valence-electron chi connectivity index (χ0n) is 13.2. The van der Waals surface area contributed by atoms with Gasteiger partial charge in [-0.3, -0.25) is 9.98 Å². The molecule has 0 bridgehead atoms. The number of aromatic nitrogens is 3. The lowest BCUT2D eigenvalue weighted by Crippen LogP contribution is -2.40. The van der Waals surface area contributed by atoms with Gasteiger partial charge in [-0.2, -0.15) is 4.98 Å². The maximum atomic E-state index is 5.23. The Bertz CT molecular complexity index is 644. The van der Waals surface area contributed by atoms with E-state index < -0.39 is 0 Å². The lowest BCUT2D eigenvalue weighted by atomic mass is 10.3. The van der Waals surface area contributed by atoms with Gasteiger partial charge in [0.05, 0.1) is 0 Å². The minimum Gasteiger partial charge on any atom is -0.356 e. The molecule has 0 saturated heterocycles. The Hall–Kier alpha value is -1.71. The van der Waals surface area contributed by atoms with Crippen molar-refractivity contribution in [2.24, 2.45) is 10.9 Å². The predicted octanol–water partition coefficient (Wildman–Crippen LogP) is 1.87. The topological polar surface area (TPSA) is 88.2 Å². The quantitative estimate of drug-likeness (QED) is 0.430. The minimum atomic E-state index is 0. The molecule has 7 nitrogen and oxygen atoms in total. The SMILES string of the molecule is CN=C(NCCc1noc(-c2ccccn2)n1)NC1CC1C.I. The van der Waals surface area contributed by atoms with E-state index in [0.29, 0.717) is 36.4 Å². The predicted molar refractivity (Wildman–Crippen MR) is 98.7 cm³/mol. The normalized spacial score (nSPS) is 19.8. The number of pyridine rings is 1. The summed E-state index contributed by atoms with van der Waals surface area (Å²) in [6.07, 6.45) is 3.57. The van der Waals surface area contributed by atoms with E-state index in [-0.39, 0.29) is 24.0 Å². The fourth-order valence-electron chi connectivity index (χ4n) is 2.13. The Balaban J connectivity index is 0.00000192. The Labute approximate surface area is 152 Å². The standard InChI is InChI=1S/C15H20N6O.HI/c1-10-9-12(10)19-15(16-2)18-8-6-13-20-14(22-21-13)11-5-3-4-7-17-11;/h3-5,7,10,12H,6,8-9H2,1-2H3,(H2,16,18,19);1H. The van der Waals surface area contributed by atoms with Gasteiger partial charge in [-0.25, -0.2) is 0 Å². The van der Waals surface area contributed by atoms with Crippen molar-refractivity contribution in [1.29, 1.82) is 0 Å². The summed E-state index contributed by atoms with van der Waals surface area (Å²) in [7, 11) is 1.77. The molecule has 8 heteroatoms. The van der Waals surface area contributed by atoms with Gasteiger partial charge in [-0.15, -0.1) is 24.0 Å². The van der Waals surface area contributed by atoms with Crippen molar-refractivity contribution in [2.45, 2.75) is 25.8 Å². The van der Waals surface area contributed by atoms with Crippen LogP contribution in [0.5, 0.6) is 0 Å². The summed E-state index contributed by atoms with van der Waals surface area (Å²) in [6, 6.07) is 6.14. The van der Waals surface area contributed by atoms with Crippen LogP contribution in [0.15, 0.2) is 33.9 Å². The Morgan fingerprint density at radius 3 is 2.91 bits per heavy atom. The first kappa shape index (κ1) is 17.6. The zero-order chi connectivity index (χ0) is 15.4. The van der Waals surface area contributed by atoms with E-state index in [1.54, 1.807) is 13.2 Å². The third kappa shape index (κ3) is 4.88. The molecule has 2 aromatic rings. The van der Waals surface area contributed by atoms with Crippen molar-refractivity contribution in [3.05, 3.63) is 30.2 Å². The molecule has 2 aromatic heterocycles. The van der Waals surface area contributed by atoms with Gasteiger partial charge >= 0.3 is 0 Å². The molecule has 2 unspecified atom stereocenters. The average molecular weight is 428 g/mol. The van der Waals surface area contributed by atoms with Crippen LogP contribution in [0.4, 0.5) is 0 Å². The molecule has 2 N–H and O–H groups in total. The van der Waals surface area contributed by atoms with E-state index in [0.717, 1.165) is 11.9 Å². The second-order valence-corrected chi connectivity index (χ2v) is 5.44. The van der Waals surface area contributed by atoms with Crippen molar-refractivity contribution in [3.8, 4) is 11.6 Å². The molecule has 2 heterocycles. The van der Waals surface area contributed by atoms with Crippen LogP contribution in [-0.2, 0) is 6.42 Å². The molecule has 1 aliphatic rings. The van der Waals surface area contributed by atoms with Crippen LogP contribution in [-0.4, -0.2) is 40.7 Å². The first-order valence-corrected chi connectivity index (χ1v) is 7.47. The monoisotopic (exact) mass is 428 g/mol. The summed E-state index contributed by atoms with van der Waals surface area (Å²) in [4.78, 5) is 12.7. The van der Waals surface area contributed by atoms with Crippen molar-refractivity contribution >= 4 is 29.9 Å². The summed E-state index contributed by atoms with van der Waals surface area (Å²) in [5, 5.41) is 10.6. The maximum absolute atomic E-state index is 5.23. The smallest absolute Gasteiger partial charge is 0.276 e. The van der Waals surface area contributed by atoms with Crippen molar-refractivity contribution in [3.63, 3.8) is 0 Å². The minimum absolute atomic E-state index is 0. The first-order valence-electron chi connectivity index (χ1n) is 7.47. The van der Waals surface area contributed by atoms with E-state index in [1.165, 1.54) is 6.42 Å². The van der Waals surface area contributed by atoms with Crippen LogP contribution < -0.4 is 10.6 Å². The molecule has 0 spiro atoms. The van der Waals surface area contributed by atoms with Gasteiger partial charge < -0.3 is 15.2 Å². The molecule has 3 rings (SSSR count). The fraction of sp³-hybridized carbons (Fsp3) is 0.467. The highest BCUT2D eigenvalue weighted by molar-refractivity contribution is 14.0. The first-order chi connectivity index (χ1) is 10.8. The zero-order valence-corrected chi connectivity index (χ0v) is 15.5. The summed E-state index contributed by atoms with van der Waals surface area (Å²) in [5.41, 5.74) is 0.689. The van der Waals surface area contributed by atoms with E-state index in [2.05, 4.69) is 37.7 Å². The molecule has 2 atom stereocenters. The Kier molecular flexibility index (Phi) is 6.31. The van der Waals surface area contributed by atoms with Crippen LogP contribution in [0.2, 0.25) is 0 Å². The summed E-state index contributed by atoms with van der Waals surface area (Å²) < 4.78 is 5.23. The van der Waals surface area contributed by atoms with Crippen molar-refractivity contribution in [2.75, 3.05) is 13.6 Å². The van der Waals surface area contributed by atoms with Crippen molar-refractivity contribution in [1.82, 2.24) is 25.8 Å². The second-order valence-electron chi connectivity index (χ2n) is 5.44.